The predicted molar refractivity (Wildman–Crippen MR) is 105 cm³/mol. The molecular weight excluding hydrogens is 364 g/mol. The maximum atomic E-state index is 12.7. The van der Waals surface area contributed by atoms with Gasteiger partial charge in [0.05, 0.1) is 0 Å². The molecule has 0 aliphatic carbocycles. The Kier molecular flexibility index (Phi) is 5.50. The third-order valence-electron chi connectivity index (χ3n) is 5.84. The van der Waals surface area contributed by atoms with E-state index >= 15 is 0 Å². The monoisotopic (exact) mass is 392 g/mol. The fourth-order valence-electron chi connectivity index (χ4n) is 4.35. The first-order valence-corrected chi connectivity index (χ1v) is 11.3. The first kappa shape index (κ1) is 18.9. The lowest BCUT2D eigenvalue weighted by Gasteiger charge is -2.36. The van der Waals surface area contributed by atoms with E-state index in [1.165, 1.54) is 0 Å². The van der Waals surface area contributed by atoms with Crippen LogP contribution in [0.1, 0.15) is 19.3 Å². The number of anilines is 1. The predicted octanol–water partition coefficient (Wildman–Crippen LogP) is 0.998. The van der Waals surface area contributed by atoms with Gasteiger partial charge in [-0.15, -0.1) is 0 Å². The average Bonchev–Trinajstić information content (AvgIpc) is 3.33. The van der Waals surface area contributed by atoms with Crippen molar-refractivity contribution in [2.75, 3.05) is 57.3 Å². The highest BCUT2D eigenvalue weighted by atomic mass is 32.2. The van der Waals surface area contributed by atoms with Gasteiger partial charge in [0, 0.05) is 64.5 Å². The minimum atomic E-state index is -3.29. The molecule has 7 nitrogen and oxygen atoms in total. The van der Waals surface area contributed by atoms with E-state index in [0.29, 0.717) is 38.5 Å². The second-order valence-electron chi connectivity index (χ2n) is 7.72. The van der Waals surface area contributed by atoms with Crippen LogP contribution in [0.15, 0.2) is 30.3 Å². The number of hydrogen-bond acceptors (Lipinski definition) is 4. The molecule has 3 heterocycles. The molecule has 0 saturated carbocycles. The van der Waals surface area contributed by atoms with E-state index in [9.17, 15) is 13.2 Å². The van der Waals surface area contributed by atoms with Crippen LogP contribution < -0.4 is 4.90 Å². The Balaban J connectivity index is 1.29. The number of piperazine rings is 1. The number of rotatable bonds is 5. The molecule has 4 rings (SSSR count). The van der Waals surface area contributed by atoms with Gasteiger partial charge in [-0.2, -0.15) is 17.0 Å². The summed E-state index contributed by atoms with van der Waals surface area (Å²) in [6.07, 6.45) is 2.50. The Morgan fingerprint density at radius 3 is 2.19 bits per heavy atom. The van der Waals surface area contributed by atoms with E-state index in [1.54, 1.807) is 8.61 Å². The molecule has 0 radical (unpaired) electrons. The van der Waals surface area contributed by atoms with E-state index in [4.69, 9.17) is 0 Å². The lowest BCUT2D eigenvalue weighted by atomic mass is 10.1. The van der Waals surface area contributed by atoms with E-state index in [-0.39, 0.29) is 5.91 Å². The number of benzene rings is 1. The fourth-order valence-corrected chi connectivity index (χ4v) is 6.02. The minimum absolute atomic E-state index is 0.182. The molecule has 3 aliphatic rings. The van der Waals surface area contributed by atoms with Crippen molar-refractivity contribution in [3.05, 3.63) is 30.3 Å². The Hall–Kier alpha value is -1.48. The SMILES string of the molecule is O=C1C[C@@H](CN2CCN(S(=O)(=O)N3CCCC3)CC2)CN1c1ccccc1. The smallest absolute Gasteiger partial charge is 0.282 e. The number of carbonyl (C=O) groups is 1. The van der Waals surface area contributed by atoms with Crippen LogP contribution in [-0.2, 0) is 15.0 Å². The lowest BCUT2D eigenvalue weighted by molar-refractivity contribution is -0.117. The number of nitrogens with zero attached hydrogens (tertiary/aromatic N) is 4. The topological polar surface area (TPSA) is 64.2 Å². The molecule has 3 aliphatic heterocycles. The summed E-state index contributed by atoms with van der Waals surface area (Å²) in [7, 11) is -3.29. The molecule has 0 spiro atoms. The van der Waals surface area contributed by atoms with Crippen molar-refractivity contribution < 1.29 is 13.2 Å². The van der Waals surface area contributed by atoms with Gasteiger partial charge in [-0.25, -0.2) is 0 Å². The molecule has 1 aromatic carbocycles. The Morgan fingerprint density at radius 2 is 1.52 bits per heavy atom. The van der Waals surface area contributed by atoms with Crippen molar-refractivity contribution in [3.63, 3.8) is 0 Å². The average molecular weight is 393 g/mol. The largest absolute Gasteiger partial charge is 0.312 e. The van der Waals surface area contributed by atoms with Crippen LogP contribution in [0.2, 0.25) is 0 Å². The van der Waals surface area contributed by atoms with Crippen LogP contribution in [-0.4, -0.2) is 80.2 Å². The summed E-state index contributed by atoms with van der Waals surface area (Å²) in [5, 5.41) is 0. The molecule has 3 saturated heterocycles. The van der Waals surface area contributed by atoms with Gasteiger partial charge in [-0.1, -0.05) is 18.2 Å². The summed E-state index contributed by atoms with van der Waals surface area (Å²) in [6, 6.07) is 9.81. The number of para-hydroxylation sites is 1. The summed E-state index contributed by atoms with van der Waals surface area (Å²) in [5.41, 5.74) is 0.964. The quantitative estimate of drug-likeness (QED) is 0.750. The standard InChI is InChI=1S/C19H28N4O3S/c24-19-14-17(16-23(19)18-6-2-1-3-7-18)15-20-10-12-22(13-11-20)27(25,26)21-8-4-5-9-21/h1-3,6-7,17H,4-5,8-16H2/t17-/m0/s1. The first-order chi connectivity index (χ1) is 13.0. The third kappa shape index (κ3) is 4.03. The maximum absolute atomic E-state index is 12.7. The van der Waals surface area contributed by atoms with Crippen molar-refractivity contribution in [3.8, 4) is 0 Å². The van der Waals surface area contributed by atoms with E-state index in [0.717, 1.165) is 44.7 Å². The van der Waals surface area contributed by atoms with Crippen LogP contribution >= 0.6 is 0 Å². The van der Waals surface area contributed by atoms with Crippen molar-refractivity contribution in [1.29, 1.82) is 0 Å². The zero-order valence-corrected chi connectivity index (χ0v) is 16.5. The van der Waals surface area contributed by atoms with E-state index < -0.39 is 10.2 Å². The first-order valence-electron chi connectivity index (χ1n) is 9.87. The molecule has 0 N–H and O–H groups in total. The van der Waals surface area contributed by atoms with Crippen molar-refractivity contribution in [1.82, 2.24) is 13.5 Å². The molecule has 8 heteroatoms. The molecule has 0 unspecified atom stereocenters. The minimum Gasteiger partial charge on any atom is -0.312 e. The molecule has 1 atom stereocenters. The molecule has 3 fully saturated rings. The van der Waals surface area contributed by atoms with Gasteiger partial charge < -0.3 is 9.80 Å². The number of hydrogen-bond donors (Lipinski definition) is 0. The van der Waals surface area contributed by atoms with Crippen molar-refractivity contribution in [2.24, 2.45) is 5.92 Å². The highest BCUT2D eigenvalue weighted by Crippen LogP contribution is 2.26. The van der Waals surface area contributed by atoms with E-state index in [2.05, 4.69) is 4.90 Å². The second-order valence-corrected chi connectivity index (χ2v) is 9.65. The molecule has 0 aromatic heterocycles. The molecular formula is C19H28N4O3S. The lowest BCUT2D eigenvalue weighted by Crippen LogP contribution is -2.53. The molecule has 1 amide bonds. The third-order valence-corrected chi connectivity index (χ3v) is 7.87. The Labute approximate surface area is 161 Å². The molecule has 27 heavy (non-hydrogen) atoms. The molecule has 1 aromatic rings. The summed E-state index contributed by atoms with van der Waals surface area (Å²) in [4.78, 5) is 16.6. The number of amides is 1. The van der Waals surface area contributed by atoms with Crippen LogP contribution in [0.3, 0.4) is 0 Å². The van der Waals surface area contributed by atoms with Crippen LogP contribution in [0, 0.1) is 5.92 Å². The molecule has 148 valence electrons. The van der Waals surface area contributed by atoms with Crippen LogP contribution in [0.5, 0.6) is 0 Å². The highest BCUT2D eigenvalue weighted by molar-refractivity contribution is 7.86. The summed E-state index contributed by atoms with van der Waals surface area (Å²) < 4.78 is 28.6. The maximum Gasteiger partial charge on any atom is 0.282 e. The Morgan fingerprint density at radius 1 is 0.889 bits per heavy atom. The Bertz CT molecular complexity index is 756. The summed E-state index contributed by atoms with van der Waals surface area (Å²) in [6.45, 7) is 5.47. The highest BCUT2D eigenvalue weighted by Gasteiger charge is 2.36. The van der Waals surface area contributed by atoms with Gasteiger partial charge in [0.15, 0.2) is 0 Å². The fraction of sp³-hybridized carbons (Fsp3) is 0.632. The normalized spacial score (nSPS) is 26.1. The van der Waals surface area contributed by atoms with Gasteiger partial charge in [-0.05, 0) is 30.9 Å². The number of carbonyl (C=O) groups excluding carboxylic acids is 1. The summed E-state index contributed by atoms with van der Waals surface area (Å²) in [5.74, 6) is 0.487. The van der Waals surface area contributed by atoms with Gasteiger partial charge in [-0.3, -0.25) is 4.79 Å². The van der Waals surface area contributed by atoms with Gasteiger partial charge >= 0.3 is 0 Å². The van der Waals surface area contributed by atoms with Gasteiger partial charge in [0.25, 0.3) is 10.2 Å². The zero-order valence-electron chi connectivity index (χ0n) is 15.7. The van der Waals surface area contributed by atoms with Crippen LogP contribution in [0.25, 0.3) is 0 Å². The second kappa shape index (κ2) is 7.87. The van der Waals surface area contributed by atoms with Gasteiger partial charge in [0.1, 0.15) is 0 Å². The van der Waals surface area contributed by atoms with E-state index in [1.807, 2.05) is 35.2 Å². The zero-order chi connectivity index (χ0) is 18.9. The van der Waals surface area contributed by atoms with Crippen LogP contribution in [0.4, 0.5) is 5.69 Å². The molecule has 0 bridgehead atoms. The van der Waals surface area contributed by atoms with Crippen molar-refractivity contribution >= 4 is 21.8 Å². The summed E-state index contributed by atoms with van der Waals surface area (Å²) >= 11 is 0. The van der Waals surface area contributed by atoms with Gasteiger partial charge in [0.2, 0.25) is 5.91 Å². The van der Waals surface area contributed by atoms with Crippen molar-refractivity contribution in [2.45, 2.75) is 19.3 Å².